The van der Waals surface area contributed by atoms with Crippen LogP contribution in [0, 0.1) is 13.8 Å². The van der Waals surface area contributed by atoms with Crippen molar-refractivity contribution in [3.05, 3.63) is 74.9 Å². The summed E-state index contributed by atoms with van der Waals surface area (Å²) in [5, 5.41) is 6.03. The lowest BCUT2D eigenvalue weighted by molar-refractivity contribution is -0.118. The maximum absolute atomic E-state index is 13.2. The number of aryl methyl sites for hydroxylation is 2. The zero-order chi connectivity index (χ0) is 23.5. The molecular formula is C25H25N3O3S2. The van der Waals surface area contributed by atoms with Crippen molar-refractivity contribution in [1.29, 1.82) is 0 Å². The van der Waals surface area contributed by atoms with Gasteiger partial charge in [0.2, 0.25) is 5.91 Å². The molecule has 4 rings (SSSR count). The van der Waals surface area contributed by atoms with Crippen molar-refractivity contribution < 1.29 is 9.53 Å². The molecule has 0 aliphatic rings. The van der Waals surface area contributed by atoms with Crippen LogP contribution in [-0.2, 0) is 18.4 Å². The number of ether oxygens (including phenoxy) is 1. The van der Waals surface area contributed by atoms with Gasteiger partial charge in [-0.1, -0.05) is 42.1 Å². The van der Waals surface area contributed by atoms with Crippen molar-refractivity contribution in [1.82, 2.24) is 14.9 Å². The molecule has 1 amide bonds. The third kappa shape index (κ3) is 4.96. The van der Waals surface area contributed by atoms with Crippen LogP contribution in [0.2, 0.25) is 0 Å². The Balaban J connectivity index is 1.49. The summed E-state index contributed by atoms with van der Waals surface area (Å²) in [6.07, 6.45) is 0. The second-order valence-electron chi connectivity index (χ2n) is 7.80. The van der Waals surface area contributed by atoms with Gasteiger partial charge in [0.15, 0.2) is 5.16 Å². The summed E-state index contributed by atoms with van der Waals surface area (Å²) in [6, 6.07) is 13.8. The molecule has 0 unspecified atom stereocenters. The van der Waals surface area contributed by atoms with Crippen LogP contribution in [0.1, 0.15) is 16.7 Å². The molecule has 0 aliphatic heterocycles. The van der Waals surface area contributed by atoms with Gasteiger partial charge >= 0.3 is 0 Å². The predicted molar refractivity (Wildman–Crippen MR) is 135 cm³/mol. The maximum atomic E-state index is 13.2. The highest BCUT2D eigenvalue weighted by atomic mass is 32.2. The van der Waals surface area contributed by atoms with Crippen LogP contribution in [0.3, 0.4) is 0 Å². The Morgan fingerprint density at radius 1 is 1.18 bits per heavy atom. The SMILES string of the molecule is COc1cccc(CNC(=O)CSc2nc3scc(-c4ccc(C)c(C)c4)c3c(=O)n2C)c1. The normalized spacial score (nSPS) is 11.0. The van der Waals surface area contributed by atoms with Gasteiger partial charge in [0.05, 0.1) is 18.2 Å². The summed E-state index contributed by atoms with van der Waals surface area (Å²) in [5.74, 6) is 0.796. The molecule has 0 saturated carbocycles. The van der Waals surface area contributed by atoms with Crippen LogP contribution in [-0.4, -0.2) is 28.3 Å². The van der Waals surface area contributed by atoms with E-state index >= 15 is 0 Å². The number of fused-ring (bicyclic) bond motifs is 1. The molecule has 6 nitrogen and oxygen atoms in total. The highest BCUT2D eigenvalue weighted by molar-refractivity contribution is 7.99. The average Bonchev–Trinajstić information content (AvgIpc) is 3.25. The second kappa shape index (κ2) is 9.80. The second-order valence-corrected chi connectivity index (χ2v) is 9.60. The molecule has 2 heterocycles. The fourth-order valence-corrected chi connectivity index (χ4v) is 5.26. The van der Waals surface area contributed by atoms with Gasteiger partial charge in [0, 0.05) is 24.5 Å². The molecule has 0 atom stereocenters. The van der Waals surface area contributed by atoms with Crippen LogP contribution < -0.4 is 15.6 Å². The van der Waals surface area contributed by atoms with Gasteiger partial charge in [-0.25, -0.2) is 4.98 Å². The van der Waals surface area contributed by atoms with Crippen LogP contribution in [0.25, 0.3) is 21.3 Å². The molecular weight excluding hydrogens is 454 g/mol. The number of carbonyl (C=O) groups excluding carboxylic acids is 1. The van der Waals surface area contributed by atoms with Crippen molar-refractivity contribution in [2.75, 3.05) is 12.9 Å². The molecule has 0 bridgehead atoms. The Morgan fingerprint density at radius 2 is 2.00 bits per heavy atom. The summed E-state index contributed by atoms with van der Waals surface area (Å²) in [5.41, 5.74) is 5.17. The lowest BCUT2D eigenvalue weighted by atomic mass is 10.0. The minimum atomic E-state index is -0.126. The Morgan fingerprint density at radius 3 is 2.76 bits per heavy atom. The Kier molecular flexibility index (Phi) is 6.85. The van der Waals surface area contributed by atoms with E-state index in [2.05, 4.69) is 36.3 Å². The first-order chi connectivity index (χ1) is 15.9. The largest absolute Gasteiger partial charge is 0.497 e. The van der Waals surface area contributed by atoms with Crippen molar-refractivity contribution in [2.45, 2.75) is 25.5 Å². The van der Waals surface area contributed by atoms with Gasteiger partial charge in [0.1, 0.15) is 10.6 Å². The highest BCUT2D eigenvalue weighted by Crippen LogP contribution is 2.33. The van der Waals surface area contributed by atoms with Crippen LogP contribution >= 0.6 is 23.1 Å². The van der Waals surface area contributed by atoms with Crippen LogP contribution in [0.4, 0.5) is 0 Å². The van der Waals surface area contributed by atoms with Gasteiger partial charge in [-0.15, -0.1) is 11.3 Å². The number of benzene rings is 2. The average molecular weight is 480 g/mol. The molecule has 170 valence electrons. The quantitative estimate of drug-likeness (QED) is 0.307. The van der Waals surface area contributed by atoms with Gasteiger partial charge in [0.25, 0.3) is 5.56 Å². The summed E-state index contributed by atoms with van der Waals surface area (Å²) in [6.45, 7) is 4.55. The number of carbonyl (C=O) groups is 1. The van der Waals surface area contributed by atoms with E-state index in [1.165, 1.54) is 38.8 Å². The lowest BCUT2D eigenvalue weighted by Crippen LogP contribution is -2.25. The number of thioether (sulfide) groups is 1. The lowest BCUT2D eigenvalue weighted by Gasteiger charge is -2.09. The van der Waals surface area contributed by atoms with E-state index in [0.29, 0.717) is 21.9 Å². The smallest absolute Gasteiger partial charge is 0.263 e. The molecule has 33 heavy (non-hydrogen) atoms. The summed E-state index contributed by atoms with van der Waals surface area (Å²) in [4.78, 5) is 30.9. The number of amides is 1. The Bertz CT molecular complexity index is 1390. The number of methoxy groups -OCH3 is 1. The third-order valence-corrected chi connectivity index (χ3v) is 7.45. The molecule has 0 fully saturated rings. The highest BCUT2D eigenvalue weighted by Gasteiger charge is 2.17. The first-order valence-electron chi connectivity index (χ1n) is 10.5. The zero-order valence-corrected chi connectivity index (χ0v) is 20.6. The van der Waals surface area contributed by atoms with E-state index in [0.717, 1.165) is 22.4 Å². The summed E-state index contributed by atoms with van der Waals surface area (Å²) < 4.78 is 6.74. The fourth-order valence-electron chi connectivity index (χ4n) is 3.47. The number of hydrogen-bond donors (Lipinski definition) is 1. The molecule has 4 aromatic rings. The number of thiophene rings is 1. The molecule has 0 saturated heterocycles. The van der Waals surface area contributed by atoms with E-state index in [-0.39, 0.29) is 17.2 Å². The van der Waals surface area contributed by atoms with Gasteiger partial charge in [-0.3, -0.25) is 14.2 Å². The van der Waals surface area contributed by atoms with E-state index in [1.807, 2.05) is 35.7 Å². The van der Waals surface area contributed by atoms with Crippen molar-refractivity contribution in [3.8, 4) is 16.9 Å². The minimum Gasteiger partial charge on any atom is -0.497 e. The standard InChI is InChI=1S/C25H25N3O3S2/c1-15-8-9-18(10-16(15)2)20-13-32-23-22(20)24(30)28(3)25(27-23)33-14-21(29)26-12-17-6-5-7-19(11-17)31-4/h5-11,13H,12,14H2,1-4H3,(H,26,29). The Labute approximate surface area is 200 Å². The van der Waals surface area contributed by atoms with E-state index in [1.54, 1.807) is 14.2 Å². The molecule has 0 aliphatic carbocycles. The van der Waals surface area contributed by atoms with Crippen molar-refractivity contribution in [2.24, 2.45) is 7.05 Å². The number of hydrogen-bond acceptors (Lipinski definition) is 6. The van der Waals surface area contributed by atoms with Gasteiger partial charge < -0.3 is 10.1 Å². The topological polar surface area (TPSA) is 73.2 Å². The van der Waals surface area contributed by atoms with Crippen molar-refractivity contribution >= 4 is 39.2 Å². The number of nitrogens with zero attached hydrogens (tertiary/aromatic N) is 2. The monoisotopic (exact) mass is 479 g/mol. The van der Waals surface area contributed by atoms with E-state index in [4.69, 9.17) is 4.74 Å². The molecule has 8 heteroatoms. The molecule has 0 radical (unpaired) electrons. The van der Waals surface area contributed by atoms with E-state index in [9.17, 15) is 9.59 Å². The summed E-state index contributed by atoms with van der Waals surface area (Å²) >= 11 is 2.71. The van der Waals surface area contributed by atoms with Gasteiger partial charge in [-0.05, 0) is 48.2 Å². The maximum Gasteiger partial charge on any atom is 0.263 e. The molecule has 1 N–H and O–H groups in total. The third-order valence-electron chi connectivity index (χ3n) is 5.55. The molecule has 2 aromatic carbocycles. The summed E-state index contributed by atoms with van der Waals surface area (Å²) in [7, 11) is 3.31. The van der Waals surface area contributed by atoms with Crippen molar-refractivity contribution in [3.63, 3.8) is 0 Å². The molecule has 2 aromatic heterocycles. The van der Waals surface area contributed by atoms with E-state index < -0.39 is 0 Å². The Hall–Kier alpha value is -3.10. The predicted octanol–water partition coefficient (Wildman–Crippen LogP) is 4.70. The fraction of sp³-hybridized carbons (Fsp3) is 0.240. The van der Waals surface area contributed by atoms with Crippen LogP contribution in [0.15, 0.2) is 57.8 Å². The first-order valence-corrected chi connectivity index (χ1v) is 12.3. The molecule has 0 spiro atoms. The first kappa shape index (κ1) is 23.1. The number of aromatic nitrogens is 2. The minimum absolute atomic E-state index is 0.103. The zero-order valence-electron chi connectivity index (χ0n) is 19.0. The van der Waals surface area contributed by atoms with Gasteiger partial charge in [-0.2, -0.15) is 0 Å². The number of rotatable bonds is 7. The number of nitrogens with one attached hydrogen (secondary N) is 1. The van der Waals surface area contributed by atoms with Crippen LogP contribution in [0.5, 0.6) is 5.75 Å².